The SMILES string of the molecule is CCOc1cc(CNC2C=CS(=O)(=O)C2)ccc1O. The van der Waals surface area contributed by atoms with Gasteiger partial charge in [-0.3, -0.25) is 0 Å². The number of ether oxygens (including phenoxy) is 1. The average Bonchev–Trinajstić information content (AvgIpc) is 2.70. The van der Waals surface area contributed by atoms with Gasteiger partial charge in [0.05, 0.1) is 12.4 Å². The molecule has 0 spiro atoms. The number of hydrogen-bond acceptors (Lipinski definition) is 5. The van der Waals surface area contributed by atoms with Gasteiger partial charge in [-0.1, -0.05) is 12.1 Å². The Morgan fingerprint density at radius 3 is 2.89 bits per heavy atom. The van der Waals surface area contributed by atoms with E-state index in [1.54, 1.807) is 24.3 Å². The molecule has 19 heavy (non-hydrogen) atoms. The third kappa shape index (κ3) is 3.71. The van der Waals surface area contributed by atoms with Crippen molar-refractivity contribution >= 4 is 9.84 Å². The molecule has 1 aromatic rings. The highest BCUT2D eigenvalue weighted by atomic mass is 32.2. The zero-order valence-electron chi connectivity index (χ0n) is 10.7. The lowest BCUT2D eigenvalue weighted by Crippen LogP contribution is -2.29. The fourth-order valence-corrected chi connectivity index (χ4v) is 3.16. The summed E-state index contributed by atoms with van der Waals surface area (Å²) in [5.74, 6) is 0.647. The molecule has 1 heterocycles. The molecule has 0 aliphatic carbocycles. The van der Waals surface area contributed by atoms with Crippen molar-refractivity contribution in [3.8, 4) is 11.5 Å². The van der Waals surface area contributed by atoms with Crippen LogP contribution in [0.25, 0.3) is 0 Å². The molecule has 1 aliphatic rings. The molecule has 1 aliphatic heterocycles. The monoisotopic (exact) mass is 283 g/mol. The fraction of sp³-hybridized carbons (Fsp3) is 0.385. The number of phenolic OH excluding ortho intramolecular Hbond substituents is 1. The summed E-state index contributed by atoms with van der Waals surface area (Å²) < 4.78 is 27.8. The minimum absolute atomic E-state index is 0.101. The Kier molecular flexibility index (Phi) is 4.11. The van der Waals surface area contributed by atoms with Gasteiger partial charge < -0.3 is 15.2 Å². The maximum Gasteiger partial charge on any atom is 0.173 e. The van der Waals surface area contributed by atoms with Crippen LogP contribution in [0.1, 0.15) is 12.5 Å². The third-order valence-electron chi connectivity index (χ3n) is 2.82. The number of nitrogens with one attached hydrogen (secondary N) is 1. The van der Waals surface area contributed by atoms with Gasteiger partial charge in [0.15, 0.2) is 21.3 Å². The van der Waals surface area contributed by atoms with Crippen LogP contribution in [-0.2, 0) is 16.4 Å². The summed E-state index contributed by atoms with van der Waals surface area (Å²) in [5, 5.41) is 14.0. The number of sulfone groups is 1. The van der Waals surface area contributed by atoms with Crippen LogP contribution in [0.3, 0.4) is 0 Å². The lowest BCUT2D eigenvalue weighted by molar-refractivity contribution is 0.317. The third-order valence-corrected chi connectivity index (χ3v) is 4.22. The van der Waals surface area contributed by atoms with Crippen molar-refractivity contribution in [1.29, 1.82) is 0 Å². The molecule has 0 saturated heterocycles. The zero-order chi connectivity index (χ0) is 13.9. The van der Waals surface area contributed by atoms with E-state index < -0.39 is 9.84 Å². The molecule has 5 nitrogen and oxygen atoms in total. The molecule has 0 saturated carbocycles. The molecule has 2 N–H and O–H groups in total. The molecule has 6 heteroatoms. The van der Waals surface area contributed by atoms with E-state index in [2.05, 4.69) is 5.32 Å². The van der Waals surface area contributed by atoms with E-state index in [9.17, 15) is 13.5 Å². The topological polar surface area (TPSA) is 75.6 Å². The molecule has 0 fully saturated rings. The quantitative estimate of drug-likeness (QED) is 0.849. The minimum atomic E-state index is -3.03. The van der Waals surface area contributed by atoms with Gasteiger partial charge in [-0.2, -0.15) is 0 Å². The van der Waals surface area contributed by atoms with Gasteiger partial charge in [-0.15, -0.1) is 0 Å². The average molecular weight is 283 g/mol. The van der Waals surface area contributed by atoms with Crippen LogP contribution >= 0.6 is 0 Å². The Morgan fingerprint density at radius 2 is 2.26 bits per heavy atom. The maximum absolute atomic E-state index is 11.3. The first-order valence-corrected chi connectivity index (χ1v) is 7.81. The highest BCUT2D eigenvalue weighted by molar-refractivity contribution is 7.94. The fourth-order valence-electron chi connectivity index (χ4n) is 1.89. The van der Waals surface area contributed by atoms with Crippen LogP contribution in [0.5, 0.6) is 11.5 Å². The van der Waals surface area contributed by atoms with Gasteiger partial charge in [0, 0.05) is 18.0 Å². The number of aromatic hydroxyl groups is 1. The second kappa shape index (κ2) is 5.63. The number of benzene rings is 1. The van der Waals surface area contributed by atoms with Gasteiger partial charge >= 0.3 is 0 Å². The molecular formula is C13H17NO4S. The Labute approximate surface area is 112 Å². The van der Waals surface area contributed by atoms with Crippen LogP contribution in [0.2, 0.25) is 0 Å². The van der Waals surface area contributed by atoms with Crippen molar-refractivity contribution in [1.82, 2.24) is 5.32 Å². The van der Waals surface area contributed by atoms with Crippen molar-refractivity contribution in [2.24, 2.45) is 0 Å². The first kappa shape index (κ1) is 13.9. The summed E-state index contributed by atoms with van der Waals surface area (Å²) in [6.45, 7) is 2.84. The molecule has 1 unspecified atom stereocenters. The Bertz CT molecular complexity index is 580. The van der Waals surface area contributed by atoms with Crippen molar-refractivity contribution in [3.63, 3.8) is 0 Å². The van der Waals surface area contributed by atoms with Gasteiger partial charge in [0.2, 0.25) is 0 Å². The molecule has 1 aromatic carbocycles. The van der Waals surface area contributed by atoms with Gasteiger partial charge in [-0.05, 0) is 24.6 Å². The lowest BCUT2D eigenvalue weighted by Gasteiger charge is -2.12. The summed E-state index contributed by atoms with van der Waals surface area (Å²) in [7, 11) is -3.03. The van der Waals surface area contributed by atoms with Gasteiger partial charge in [0.1, 0.15) is 0 Å². The lowest BCUT2D eigenvalue weighted by atomic mass is 10.2. The minimum Gasteiger partial charge on any atom is -0.504 e. The van der Waals surface area contributed by atoms with E-state index in [4.69, 9.17) is 4.74 Å². The van der Waals surface area contributed by atoms with Gasteiger partial charge in [-0.25, -0.2) is 8.42 Å². The molecule has 0 radical (unpaired) electrons. The number of hydrogen-bond donors (Lipinski definition) is 2. The van der Waals surface area contributed by atoms with E-state index in [1.807, 2.05) is 6.92 Å². The summed E-state index contributed by atoms with van der Waals surface area (Å²) in [4.78, 5) is 0. The van der Waals surface area contributed by atoms with Crippen molar-refractivity contribution in [3.05, 3.63) is 35.2 Å². The molecule has 0 aromatic heterocycles. The predicted molar refractivity (Wildman–Crippen MR) is 72.8 cm³/mol. The molecule has 0 amide bonds. The second-order valence-corrected chi connectivity index (χ2v) is 6.31. The first-order chi connectivity index (χ1) is 9.00. The van der Waals surface area contributed by atoms with Crippen LogP contribution < -0.4 is 10.1 Å². The summed E-state index contributed by atoms with van der Waals surface area (Å²) >= 11 is 0. The first-order valence-electron chi connectivity index (χ1n) is 6.09. The van der Waals surface area contributed by atoms with Crippen LogP contribution in [-0.4, -0.2) is 31.9 Å². The zero-order valence-corrected chi connectivity index (χ0v) is 11.5. The normalized spacial score (nSPS) is 20.6. The highest BCUT2D eigenvalue weighted by Crippen LogP contribution is 2.26. The Balaban J connectivity index is 1.97. The molecule has 2 rings (SSSR count). The summed E-state index contributed by atoms with van der Waals surface area (Å²) in [5.41, 5.74) is 0.930. The van der Waals surface area contributed by atoms with Crippen LogP contribution in [0, 0.1) is 0 Å². The smallest absolute Gasteiger partial charge is 0.173 e. The van der Waals surface area contributed by atoms with Crippen molar-refractivity contribution < 1.29 is 18.3 Å². The summed E-state index contributed by atoms with van der Waals surface area (Å²) in [6.07, 6.45) is 1.65. The predicted octanol–water partition coefficient (Wildman–Crippen LogP) is 1.19. The van der Waals surface area contributed by atoms with E-state index in [0.717, 1.165) is 5.56 Å². The standard InChI is InChI=1S/C13H17NO4S/c1-2-18-13-7-10(3-4-12(13)15)8-14-11-5-6-19(16,17)9-11/h3-7,11,14-15H,2,8-9H2,1H3. The number of rotatable bonds is 5. The van der Waals surface area contributed by atoms with Crippen molar-refractivity contribution in [2.45, 2.75) is 19.5 Å². The molecular weight excluding hydrogens is 266 g/mol. The molecule has 1 atom stereocenters. The van der Waals surface area contributed by atoms with Gasteiger partial charge in [0.25, 0.3) is 0 Å². The largest absolute Gasteiger partial charge is 0.504 e. The van der Waals surface area contributed by atoms with E-state index in [1.165, 1.54) is 5.41 Å². The summed E-state index contributed by atoms with van der Waals surface area (Å²) in [6, 6.07) is 4.94. The molecule has 104 valence electrons. The Hall–Kier alpha value is -1.53. The maximum atomic E-state index is 11.3. The van der Waals surface area contributed by atoms with E-state index >= 15 is 0 Å². The van der Waals surface area contributed by atoms with Crippen LogP contribution in [0.15, 0.2) is 29.7 Å². The Morgan fingerprint density at radius 1 is 1.47 bits per heavy atom. The van der Waals surface area contributed by atoms with E-state index in [-0.39, 0.29) is 17.5 Å². The second-order valence-electron chi connectivity index (χ2n) is 4.38. The van der Waals surface area contributed by atoms with Crippen molar-refractivity contribution in [2.75, 3.05) is 12.4 Å². The highest BCUT2D eigenvalue weighted by Gasteiger charge is 2.20. The van der Waals surface area contributed by atoms with Crippen LogP contribution in [0.4, 0.5) is 0 Å². The molecule has 0 bridgehead atoms. The number of phenols is 1. The van der Waals surface area contributed by atoms with E-state index in [0.29, 0.717) is 18.9 Å².